The second-order valence-electron chi connectivity index (χ2n) is 4.76. The molecule has 0 bridgehead atoms. The summed E-state index contributed by atoms with van der Waals surface area (Å²) >= 11 is 0. The Kier molecular flexibility index (Phi) is 4.27. The zero-order valence-electron chi connectivity index (χ0n) is 11.9. The molecular formula is C17H17NO2. The largest absolute Gasteiger partial charge is 0.495 e. The number of nitrogens with zero attached hydrogens (tertiary/aromatic N) is 1. The van der Waals surface area contributed by atoms with E-state index in [2.05, 4.69) is 12.1 Å². The van der Waals surface area contributed by atoms with Crippen LogP contribution in [0.1, 0.15) is 22.3 Å². The molecule has 0 saturated heterocycles. The van der Waals surface area contributed by atoms with Crippen molar-refractivity contribution in [2.45, 2.75) is 20.5 Å². The van der Waals surface area contributed by atoms with Gasteiger partial charge in [0.1, 0.15) is 24.2 Å². The molecule has 2 aromatic carbocycles. The van der Waals surface area contributed by atoms with Crippen LogP contribution < -0.4 is 9.47 Å². The van der Waals surface area contributed by atoms with E-state index >= 15 is 0 Å². The van der Waals surface area contributed by atoms with Gasteiger partial charge in [-0.05, 0) is 54.8 Å². The van der Waals surface area contributed by atoms with Crippen molar-refractivity contribution >= 4 is 0 Å². The van der Waals surface area contributed by atoms with Gasteiger partial charge in [0.05, 0.1) is 12.7 Å². The smallest absolute Gasteiger partial charge is 0.137 e. The van der Waals surface area contributed by atoms with E-state index in [9.17, 15) is 0 Å². The molecule has 0 aliphatic carbocycles. The molecule has 0 unspecified atom stereocenters. The number of methoxy groups -OCH3 is 1. The van der Waals surface area contributed by atoms with Crippen LogP contribution in [0.3, 0.4) is 0 Å². The fourth-order valence-corrected chi connectivity index (χ4v) is 2.10. The molecule has 0 fully saturated rings. The molecule has 0 aromatic heterocycles. The van der Waals surface area contributed by atoms with Gasteiger partial charge >= 0.3 is 0 Å². The predicted molar refractivity (Wildman–Crippen MR) is 78.0 cm³/mol. The molecule has 102 valence electrons. The summed E-state index contributed by atoms with van der Waals surface area (Å²) < 4.78 is 11.0. The molecule has 0 heterocycles. The zero-order chi connectivity index (χ0) is 14.5. The lowest BCUT2D eigenvalue weighted by Gasteiger charge is -2.10. The number of hydrogen-bond donors (Lipinski definition) is 0. The molecule has 0 N–H and O–H groups in total. The third-order valence-corrected chi connectivity index (χ3v) is 2.99. The van der Waals surface area contributed by atoms with Gasteiger partial charge in [-0.25, -0.2) is 0 Å². The maximum atomic E-state index is 8.95. The van der Waals surface area contributed by atoms with Crippen LogP contribution >= 0.6 is 0 Å². The third-order valence-electron chi connectivity index (χ3n) is 2.99. The number of benzene rings is 2. The Morgan fingerprint density at radius 2 is 1.75 bits per heavy atom. The Hall–Kier alpha value is -2.47. The maximum Gasteiger partial charge on any atom is 0.137 e. The van der Waals surface area contributed by atoms with E-state index in [1.165, 1.54) is 11.1 Å². The lowest BCUT2D eigenvalue weighted by molar-refractivity contribution is 0.305. The summed E-state index contributed by atoms with van der Waals surface area (Å²) in [6.07, 6.45) is 0. The fourth-order valence-electron chi connectivity index (χ4n) is 2.10. The van der Waals surface area contributed by atoms with Gasteiger partial charge in [-0.2, -0.15) is 5.26 Å². The van der Waals surface area contributed by atoms with Gasteiger partial charge in [-0.3, -0.25) is 0 Å². The van der Waals surface area contributed by atoms with Crippen molar-refractivity contribution in [2.24, 2.45) is 0 Å². The Labute approximate surface area is 119 Å². The van der Waals surface area contributed by atoms with Crippen molar-refractivity contribution < 1.29 is 9.47 Å². The van der Waals surface area contributed by atoms with Crippen LogP contribution in [0, 0.1) is 25.2 Å². The van der Waals surface area contributed by atoms with Gasteiger partial charge in [0.25, 0.3) is 0 Å². The highest BCUT2D eigenvalue weighted by Gasteiger charge is 2.04. The van der Waals surface area contributed by atoms with Gasteiger partial charge in [0.2, 0.25) is 0 Å². The summed E-state index contributed by atoms with van der Waals surface area (Å²) in [6, 6.07) is 13.7. The van der Waals surface area contributed by atoms with Crippen LogP contribution in [0.25, 0.3) is 0 Å². The van der Waals surface area contributed by atoms with Crippen LogP contribution in [0.15, 0.2) is 36.4 Å². The molecule has 0 atom stereocenters. The molecule has 0 amide bonds. The van der Waals surface area contributed by atoms with Gasteiger partial charge in [0.15, 0.2) is 0 Å². The molecule has 0 aliphatic rings. The highest BCUT2D eigenvalue weighted by atomic mass is 16.5. The summed E-state index contributed by atoms with van der Waals surface area (Å²) in [5.74, 6) is 1.43. The van der Waals surface area contributed by atoms with E-state index in [0.29, 0.717) is 17.9 Å². The number of hydrogen-bond acceptors (Lipinski definition) is 3. The Morgan fingerprint density at radius 1 is 1.05 bits per heavy atom. The average Bonchev–Trinajstić information content (AvgIpc) is 2.43. The minimum absolute atomic E-state index is 0.449. The Bertz CT molecular complexity index is 636. The molecule has 2 rings (SSSR count). The van der Waals surface area contributed by atoms with Crippen LogP contribution in [0.2, 0.25) is 0 Å². The van der Waals surface area contributed by atoms with Gasteiger partial charge in [-0.1, -0.05) is 12.1 Å². The molecule has 2 aromatic rings. The molecule has 0 saturated carbocycles. The van der Waals surface area contributed by atoms with E-state index in [-0.39, 0.29) is 0 Å². The quantitative estimate of drug-likeness (QED) is 0.847. The highest BCUT2D eigenvalue weighted by molar-refractivity contribution is 5.45. The summed E-state index contributed by atoms with van der Waals surface area (Å²) in [4.78, 5) is 0. The average molecular weight is 267 g/mol. The van der Waals surface area contributed by atoms with E-state index in [1.807, 2.05) is 38.1 Å². The first-order chi connectivity index (χ1) is 9.62. The van der Waals surface area contributed by atoms with Gasteiger partial charge in [0, 0.05) is 0 Å². The van der Waals surface area contributed by atoms with Crippen molar-refractivity contribution in [2.75, 3.05) is 7.11 Å². The molecule has 0 radical (unpaired) electrons. The van der Waals surface area contributed by atoms with Crippen LogP contribution in [0.5, 0.6) is 11.5 Å². The molecule has 0 spiro atoms. The van der Waals surface area contributed by atoms with Crippen LogP contribution in [-0.2, 0) is 6.61 Å². The van der Waals surface area contributed by atoms with E-state index in [1.54, 1.807) is 13.2 Å². The van der Waals surface area contributed by atoms with Crippen LogP contribution in [-0.4, -0.2) is 7.11 Å². The SMILES string of the molecule is COc1cc(COc2cc(C)cc(C)c2)ccc1C#N. The monoisotopic (exact) mass is 267 g/mol. The molecule has 20 heavy (non-hydrogen) atoms. The zero-order valence-corrected chi connectivity index (χ0v) is 11.9. The first-order valence-corrected chi connectivity index (χ1v) is 6.40. The molecular weight excluding hydrogens is 250 g/mol. The summed E-state index contributed by atoms with van der Waals surface area (Å²) in [6.45, 7) is 4.54. The summed E-state index contributed by atoms with van der Waals surface area (Å²) in [5.41, 5.74) is 3.86. The second-order valence-corrected chi connectivity index (χ2v) is 4.76. The van der Waals surface area contributed by atoms with Gasteiger partial charge < -0.3 is 9.47 Å². The van der Waals surface area contributed by atoms with Crippen molar-refractivity contribution in [3.8, 4) is 17.6 Å². The summed E-state index contributed by atoms with van der Waals surface area (Å²) in [7, 11) is 1.56. The lowest BCUT2D eigenvalue weighted by atomic mass is 10.1. The normalized spacial score (nSPS) is 9.90. The molecule has 3 heteroatoms. The van der Waals surface area contributed by atoms with Gasteiger partial charge in [-0.15, -0.1) is 0 Å². The van der Waals surface area contributed by atoms with Crippen molar-refractivity contribution in [3.05, 3.63) is 58.7 Å². The van der Waals surface area contributed by atoms with Crippen molar-refractivity contribution in [1.82, 2.24) is 0 Å². The maximum absolute atomic E-state index is 8.95. The third kappa shape index (κ3) is 3.30. The first-order valence-electron chi connectivity index (χ1n) is 6.40. The van der Waals surface area contributed by atoms with Crippen molar-refractivity contribution in [1.29, 1.82) is 5.26 Å². The summed E-state index contributed by atoms with van der Waals surface area (Å²) in [5, 5.41) is 8.95. The van der Waals surface area contributed by atoms with Crippen LogP contribution in [0.4, 0.5) is 0 Å². The minimum atomic E-state index is 0.449. The predicted octanol–water partition coefficient (Wildman–Crippen LogP) is 3.76. The number of aryl methyl sites for hydroxylation is 2. The minimum Gasteiger partial charge on any atom is -0.495 e. The van der Waals surface area contributed by atoms with Crippen molar-refractivity contribution in [3.63, 3.8) is 0 Å². The number of rotatable bonds is 4. The van der Waals surface area contributed by atoms with E-state index in [0.717, 1.165) is 11.3 Å². The topological polar surface area (TPSA) is 42.2 Å². The first kappa shape index (κ1) is 14.0. The molecule has 3 nitrogen and oxygen atoms in total. The lowest BCUT2D eigenvalue weighted by Crippen LogP contribution is -1.98. The number of ether oxygens (including phenoxy) is 2. The Morgan fingerprint density at radius 3 is 2.35 bits per heavy atom. The van der Waals surface area contributed by atoms with E-state index < -0.39 is 0 Å². The second kappa shape index (κ2) is 6.12. The molecule has 0 aliphatic heterocycles. The Balaban J connectivity index is 2.13. The number of nitriles is 1. The van der Waals surface area contributed by atoms with E-state index in [4.69, 9.17) is 14.7 Å². The highest BCUT2D eigenvalue weighted by Crippen LogP contribution is 2.21. The fraction of sp³-hybridized carbons (Fsp3) is 0.235. The standard InChI is InChI=1S/C17H17NO2/c1-12-6-13(2)8-16(7-12)20-11-14-4-5-15(10-18)17(9-14)19-3/h4-9H,11H2,1-3H3.